The zero-order valence-corrected chi connectivity index (χ0v) is 21.6. The number of ether oxygens (including phenoxy) is 1. The van der Waals surface area contributed by atoms with Crippen LogP contribution in [0.4, 0.5) is 5.95 Å². The zero-order valence-electron chi connectivity index (χ0n) is 21.6. The summed E-state index contributed by atoms with van der Waals surface area (Å²) in [6, 6.07) is 24.6. The van der Waals surface area contributed by atoms with Gasteiger partial charge in [0.15, 0.2) is 0 Å². The summed E-state index contributed by atoms with van der Waals surface area (Å²) in [6.07, 6.45) is 1.89. The van der Waals surface area contributed by atoms with Crippen LogP contribution in [0.2, 0.25) is 0 Å². The van der Waals surface area contributed by atoms with Crippen LogP contribution in [0, 0.1) is 12.8 Å². The lowest BCUT2D eigenvalue weighted by molar-refractivity contribution is -0.117. The van der Waals surface area contributed by atoms with Gasteiger partial charge in [0.25, 0.3) is 5.91 Å². The third kappa shape index (κ3) is 6.44. The Morgan fingerprint density at radius 3 is 2.27 bits per heavy atom. The Bertz CT molecular complexity index is 1340. The fraction of sp³-hybridized carbons (Fsp3) is 0.233. The van der Waals surface area contributed by atoms with E-state index in [9.17, 15) is 9.59 Å². The maximum atomic E-state index is 13.2. The highest BCUT2D eigenvalue weighted by Gasteiger charge is 2.21. The molecule has 2 amide bonds. The summed E-state index contributed by atoms with van der Waals surface area (Å²) in [5, 5.41) is 2.94. The van der Waals surface area contributed by atoms with E-state index in [0.29, 0.717) is 23.8 Å². The topological polar surface area (TPSA) is 76.5 Å². The SMILES string of the molecule is COc1ccc(-c2cn(-c3ccc(C)cc3)c(NC(=O)CN(CC(C)C)C(=O)c3ccccc3)n2)cc1. The molecule has 190 valence electrons. The van der Waals surface area contributed by atoms with Gasteiger partial charge in [-0.1, -0.05) is 49.7 Å². The predicted octanol–water partition coefficient (Wildman–Crippen LogP) is 5.59. The molecular formula is C30H32N4O3. The number of rotatable bonds is 9. The van der Waals surface area contributed by atoms with E-state index in [-0.39, 0.29) is 24.3 Å². The normalized spacial score (nSPS) is 10.8. The van der Waals surface area contributed by atoms with Crippen LogP contribution in [0.3, 0.4) is 0 Å². The summed E-state index contributed by atoms with van der Waals surface area (Å²) in [6.45, 7) is 6.45. The lowest BCUT2D eigenvalue weighted by atomic mass is 10.1. The average Bonchev–Trinajstić information content (AvgIpc) is 3.32. The summed E-state index contributed by atoms with van der Waals surface area (Å²) in [5.74, 6) is 0.854. The highest BCUT2D eigenvalue weighted by atomic mass is 16.5. The molecule has 0 spiro atoms. The van der Waals surface area contributed by atoms with Gasteiger partial charge in [-0.2, -0.15) is 0 Å². The van der Waals surface area contributed by atoms with Crippen molar-refractivity contribution in [3.8, 4) is 22.7 Å². The standard InChI is InChI=1S/C30H32N4O3/c1-21(2)18-33(29(36)24-8-6-5-7-9-24)20-28(35)32-30-31-27(23-12-16-26(37-4)17-13-23)19-34(30)25-14-10-22(3)11-15-25/h5-17,19,21H,18,20H2,1-4H3,(H,31,32,35). The molecule has 0 atom stereocenters. The van der Waals surface area contributed by atoms with E-state index in [0.717, 1.165) is 22.6 Å². The molecule has 1 aromatic heterocycles. The Kier molecular flexibility index (Phi) is 8.03. The molecule has 0 radical (unpaired) electrons. The van der Waals surface area contributed by atoms with E-state index in [2.05, 4.69) is 5.32 Å². The second-order valence-corrected chi connectivity index (χ2v) is 9.38. The van der Waals surface area contributed by atoms with Gasteiger partial charge in [0.2, 0.25) is 11.9 Å². The third-order valence-electron chi connectivity index (χ3n) is 5.88. The van der Waals surface area contributed by atoms with Gasteiger partial charge in [-0.15, -0.1) is 0 Å². The number of carbonyl (C=O) groups excluding carboxylic acids is 2. The number of benzene rings is 3. The molecule has 0 unspecified atom stereocenters. The second kappa shape index (κ2) is 11.6. The largest absolute Gasteiger partial charge is 0.497 e. The van der Waals surface area contributed by atoms with Crippen molar-refractivity contribution in [1.29, 1.82) is 0 Å². The molecule has 0 aliphatic carbocycles. The number of hydrogen-bond donors (Lipinski definition) is 1. The third-order valence-corrected chi connectivity index (χ3v) is 5.88. The number of nitrogens with one attached hydrogen (secondary N) is 1. The summed E-state index contributed by atoms with van der Waals surface area (Å²) >= 11 is 0. The first kappa shape index (κ1) is 25.7. The molecule has 0 bridgehead atoms. The van der Waals surface area contributed by atoms with Gasteiger partial charge in [-0.3, -0.25) is 19.5 Å². The van der Waals surface area contributed by atoms with E-state index < -0.39 is 0 Å². The minimum atomic E-state index is -0.315. The molecule has 0 saturated carbocycles. The molecule has 0 aliphatic heterocycles. The number of anilines is 1. The van der Waals surface area contributed by atoms with Crippen LogP contribution in [-0.2, 0) is 4.79 Å². The van der Waals surface area contributed by atoms with Crippen molar-refractivity contribution >= 4 is 17.8 Å². The first-order valence-corrected chi connectivity index (χ1v) is 12.3. The molecule has 4 aromatic rings. The Balaban J connectivity index is 1.62. The number of imidazole rings is 1. The molecule has 7 nitrogen and oxygen atoms in total. The number of hydrogen-bond acceptors (Lipinski definition) is 4. The van der Waals surface area contributed by atoms with Gasteiger partial charge in [-0.05, 0) is 61.4 Å². The Morgan fingerprint density at radius 1 is 0.973 bits per heavy atom. The van der Waals surface area contributed by atoms with Gasteiger partial charge >= 0.3 is 0 Å². The average molecular weight is 497 g/mol. The molecule has 0 fully saturated rings. The lowest BCUT2D eigenvalue weighted by Gasteiger charge is -2.24. The van der Waals surface area contributed by atoms with E-state index in [1.165, 1.54) is 0 Å². The number of carbonyl (C=O) groups is 2. The molecule has 4 rings (SSSR count). The zero-order chi connectivity index (χ0) is 26.4. The van der Waals surface area contributed by atoms with Crippen LogP contribution < -0.4 is 10.1 Å². The second-order valence-electron chi connectivity index (χ2n) is 9.38. The van der Waals surface area contributed by atoms with Gasteiger partial charge in [0.05, 0.1) is 12.8 Å². The Labute approximate surface area is 217 Å². The fourth-order valence-electron chi connectivity index (χ4n) is 4.03. The number of methoxy groups -OCH3 is 1. The molecule has 0 aliphatic rings. The van der Waals surface area contributed by atoms with Gasteiger partial charge in [0, 0.05) is 29.6 Å². The van der Waals surface area contributed by atoms with Crippen LogP contribution in [0.1, 0.15) is 29.8 Å². The maximum Gasteiger partial charge on any atom is 0.254 e. The van der Waals surface area contributed by atoms with E-state index >= 15 is 0 Å². The van der Waals surface area contributed by atoms with Crippen molar-refractivity contribution in [2.75, 3.05) is 25.5 Å². The summed E-state index contributed by atoms with van der Waals surface area (Å²) in [4.78, 5) is 32.7. The van der Waals surface area contributed by atoms with Crippen LogP contribution >= 0.6 is 0 Å². The quantitative estimate of drug-likeness (QED) is 0.328. The number of aromatic nitrogens is 2. The molecule has 0 saturated heterocycles. The maximum absolute atomic E-state index is 13.2. The summed E-state index contributed by atoms with van der Waals surface area (Å²) < 4.78 is 7.12. The van der Waals surface area contributed by atoms with Gasteiger partial charge < -0.3 is 9.64 Å². The number of nitrogens with zero attached hydrogens (tertiary/aromatic N) is 3. The fourth-order valence-corrected chi connectivity index (χ4v) is 4.03. The molecule has 1 N–H and O–H groups in total. The molecular weight excluding hydrogens is 464 g/mol. The van der Waals surface area contributed by atoms with Crippen LogP contribution in [0.25, 0.3) is 16.9 Å². The lowest BCUT2D eigenvalue weighted by Crippen LogP contribution is -2.40. The van der Waals surface area contributed by atoms with Crippen LogP contribution in [0.5, 0.6) is 5.75 Å². The first-order valence-electron chi connectivity index (χ1n) is 12.3. The smallest absolute Gasteiger partial charge is 0.254 e. The number of aryl methyl sites for hydroxylation is 1. The van der Waals surface area contributed by atoms with Crippen LogP contribution in [-0.4, -0.2) is 46.5 Å². The van der Waals surface area contributed by atoms with Crippen molar-refractivity contribution in [2.24, 2.45) is 5.92 Å². The van der Waals surface area contributed by atoms with E-state index in [1.807, 2.05) is 98.3 Å². The molecule has 37 heavy (non-hydrogen) atoms. The van der Waals surface area contributed by atoms with E-state index in [1.54, 1.807) is 24.1 Å². The van der Waals surface area contributed by atoms with Crippen molar-refractivity contribution in [3.05, 3.63) is 96.2 Å². The highest BCUT2D eigenvalue weighted by molar-refractivity contribution is 5.99. The molecule has 7 heteroatoms. The van der Waals surface area contributed by atoms with Gasteiger partial charge in [-0.25, -0.2) is 4.98 Å². The predicted molar refractivity (Wildman–Crippen MR) is 146 cm³/mol. The number of amides is 2. The summed E-state index contributed by atoms with van der Waals surface area (Å²) in [5.41, 5.74) is 4.15. The molecule has 3 aromatic carbocycles. The Morgan fingerprint density at radius 2 is 1.65 bits per heavy atom. The summed E-state index contributed by atoms with van der Waals surface area (Å²) in [7, 11) is 1.62. The van der Waals surface area contributed by atoms with E-state index in [4.69, 9.17) is 9.72 Å². The van der Waals surface area contributed by atoms with Gasteiger partial charge in [0.1, 0.15) is 12.3 Å². The van der Waals surface area contributed by atoms with Crippen molar-refractivity contribution in [1.82, 2.24) is 14.5 Å². The van der Waals surface area contributed by atoms with Crippen molar-refractivity contribution < 1.29 is 14.3 Å². The van der Waals surface area contributed by atoms with Crippen LogP contribution in [0.15, 0.2) is 85.1 Å². The van der Waals surface area contributed by atoms with Crippen molar-refractivity contribution in [3.63, 3.8) is 0 Å². The minimum absolute atomic E-state index is 0.0788. The van der Waals surface area contributed by atoms with Crippen molar-refractivity contribution in [2.45, 2.75) is 20.8 Å². The molecule has 1 heterocycles. The monoisotopic (exact) mass is 496 g/mol. The minimum Gasteiger partial charge on any atom is -0.497 e. The highest BCUT2D eigenvalue weighted by Crippen LogP contribution is 2.26. The Hall–Kier alpha value is -4.39. The first-order chi connectivity index (χ1) is 17.8.